The fourth-order valence-electron chi connectivity index (χ4n) is 3.64. The second-order valence-corrected chi connectivity index (χ2v) is 7.08. The molecule has 1 atom stereocenters. The van der Waals surface area contributed by atoms with Crippen LogP contribution >= 0.6 is 0 Å². The molecule has 27 heavy (non-hydrogen) atoms. The van der Waals surface area contributed by atoms with Crippen molar-refractivity contribution in [3.8, 4) is 0 Å². The Morgan fingerprint density at radius 3 is 2.44 bits per heavy atom. The number of ether oxygens (including phenoxy) is 1. The van der Waals surface area contributed by atoms with Crippen molar-refractivity contribution in [1.29, 1.82) is 0 Å². The Morgan fingerprint density at radius 2 is 1.67 bits per heavy atom. The molecule has 136 valence electrons. The van der Waals surface area contributed by atoms with Gasteiger partial charge in [0.05, 0.1) is 0 Å². The zero-order valence-electron chi connectivity index (χ0n) is 15.5. The smallest absolute Gasteiger partial charge is 0.410 e. The van der Waals surface area contributed by atoms with Gasteiger partial charge in [-0.25, -0.2) is 4.79 Å². The Labute approximate surface area is 160 Å². The normalized spacial score (nSPS) is 15.9. The number of carbonyl (C=O) groups excluding carboxylic acids is 1. The minimum atomic E-state index is -0.259. The molecule has 0 saturated heterocycles. The van der Waals surface area contributed by atoms with Gasteiger partial charge >= 0.3 is 6.09 Å². The van der Waals surface area contributed by atoms with Gasteiger partial charge in [0, 0.05) is 19.0 Å². The summed E-state index contributed by atoms with van der Waals surface area (Å²) in [5, 5.41) is 0. The second kappa shape index (κ2) is 7.67. The Morgan fingerprint density at radius 1 is 0.963 bits per heavy atom. The number of hydrogen-bond acceptors (Lipinski definition) is 2. The van der Waals surface area contributed by atoms with Gasteiger partial charge in [0.2, 0.25) is 0 Å². The monoisotopic (exact) mass is 357 g/mol. The molecule has 0 N–H and O–H groups in total. The Bertz CT molecular complexity index is 919. The van der Waals surface area contributed by atoms with E-state index in [0.29, 0.717) is 19.7 Å². The first-order valence-corrected chi connectivity index (χ1v) is 9.31. The zero-order chi connectivity index (χ0) is 18.6. The highest BCUT2D eigenvalue weighted by Gasteiger charge is 2.29. The molecule has 3 aromatic rings. The van der Waals surface area contributed by atoms with E-state index in [1.165, 1.54) is 22.3 Å². The van der Waals surface area contributed by atoms with Gasteiger partial charge in [0.25, 0.3) is 0 Å². The number of carbonyl (C=O) groups is 1. The van der Waals surface area contributed by atoms with Gasteiger partial charge in [0.15, 0.2) is 0 Å². The molecule has 3 heteroatoms. The van der Waals surface area contributed by atoms with Crippen LogP contribution in [0, 0.1) is 6.92 Å². The predicted molar refractivity (Wildman–Crippen MR) is 107 cm³/mol. The van der Waals surface area contributed by atoms with Gasteiger partial charge < -0.3 is 9.64 Å². The van der Waals surface area contributed by atoms with E-state index in [2.05, 4.69) is 49.4 Å². The van der Waals surface area contributed by atoms with Crippen molar-refractivity contribution >= 4 is 6.09 Å². The summed E-state index contributed by atoms with van der Waals surface area (Å²) in [5.41, 5.74) is 5.95. The summed E-state index contributed by atoms with van der Waals surface area (Å²) in [6, 6.07) is 26.8. The number of benzene rings is 3. The van der Waals surface area contributed by atoms with Crippen molar-refractivity contribution in [2.75, 3.05) is 6.54 Å². The fraction of sp³-hybridized carbons (Fsp3) is 0.208. The standard InChI is InChI=1S/C24H23NO2/c1-18-11-13-20(14-12-18)23-16-25(15-21-9-5-6-10-22(21)23)24(26)27-17-19-7-3-2-4-8-19/h2-14,23H,15-17H2,1H3. The summed E-state index contributed by atoms with van der Waals surface area (Å²) in [4.78, 5) is 14.5. The van der Waals surface area contributed by atoms with E-state index in [1.807, 2.05) is 41.3 Å². The molecule has 1 aliphatic rings. The van der Waals surface area contributed by atoms with Crippen LogP contribution in [0.2, 0.25) is 0 Å². The van der Waals surface area contributed by atoms with Gasteiger partial charge in [-0.05, 0) is 29.2 Å². The maximum absolute atomic E-state index is 12.7. The molecule has 0 radical (unpaired) electrons. The van der Waals surface area contributed by atoms with Crippen LogP contribution in [0.3, 0.4) is 0 Å². The minimum Gasteiger partial charge on any atom is -0.445 e. The largest absolute Gasteiger partial charge is 0.445 e. The molecule has 3 nitrogen and oxygen atoms in total. The summed E-state index contributed by atoms with van der Waals surface area (Å²) in [6.07, 6.45) is -0.259. The quantitative estimate of drug-likeness (QED) is 0.638. The number of amides is 1. The van der Waals surface area contributed by atoms with Gasteiger partial charge in [-0.3, -0.25) is 0 Å². The van der Waals surface area contributed by atoms with Crippen LogP contribution in [0.1, 0.15) is 33.7 Å². The summed E-state index contributed by atoms with van der Waals surface area (Å²) < 4.78 is 5.57. The SMILES string of the molecule is Cc1ccc(C2CN(C(=O)OCc3ccccc3)Cc3ccccc32)cc1. The van der Waals surface area contributed by atoms with Crippen molar-refractivity contribution in [2.45, 2.75) is 26.0 Å². The van der Waals surface area contributed by atoms with E-state index < -0.39 is 0 Å². The average Bonchev–Trinajstić information content (AvgIpc) is 2.72. The highest BCUT2D eigenvalue weighted by atomic mass is 16.6. The molecule has 0 aliphatic carbocycles. The maximum Gasteiger partial charge on any atom is 0.410 e. The molecule has 1 heterocycles. The van der Waals surface area contributed by atoms with Gasteiger partial charge in [-0.15, -0.1) is 0 Å². The maximum atomic E-state index is 12.7. The number of hydrogen-bond donors (Lipinski definition) is 0. The molecule has 0 saturated carbocycles. The third-order valence-electron chi connectivity index (χ3n) is 5.14. The summed E-state index contributed by atoms with van der Waals surface area (Å²) in [5.74, 6) is 0.167. The van der Waals surface area contributed by atoms with Crippen LogP contribution in [-0.4, -0.2) is 17.5 Å². The Kier molecular flexibility index (Phi) is 4.93. The molecule has 1 amide bonds. The van der Waals surface area contributed by atoms with E-state index in [9.17, 15) is 4.79 Å². The number of nitrogens with zero attached hydrogens (tertiary/aromatic N) is 1. The molecule has 4 rings (SSSR count). The molecule has 0 bridgehead atoms. The third-order valence-corrected chi connectivity index (χ3v) is 5.14. The van der Waals surface area contributed by atoms with Crippen LogP contribution in [0.25, 0.3) is 0 Å². The Balaban J connectivity index is 1.55. The molecule has 0 fully saturated rings. The van der Waals surface area contributed by atoms with Gasteiger partial charge in [-0.1, -0.05) is 84.4 Å². The second-order valence-electron chi connectivity index (χ2n) is 7.08. The van der Waals surface area contributed by atoms with E-state index in [-0.39, 0.29) is 12.0 Å². The summed E-state index contributed by atoms with van der Waals surface area (Å²) >= 11 is 0. The topological polar surface area (TPSA) is 29.5 Å². The number of rotatable bonds is 3. The lowest BCUT2D eigenvalue weighted by Gasteiger charge is -2.34. The Hall–Kier alpha value is -3.07. The molecular formula is C24H23NO2. The lowest BCUT2D eigenvalue weighted by atomic mass is 9.84. The zero-order valence-corrected chi connectivity index (χ0v) is 15.5. The van der Waals surface area contributed by atoms with E-state index >= 15 is 0 Å². The lowest BCUT2D eigenvalue weighted by Crippen LogP contribution is -2.38. The van der Waals surface area contributed by atoms with Crippen molar-refractivity contribution < 1.29 is 9.53 Å². The summed E-state index contributed by atoms with van der Waals surface area (Å²) in [6.45, 7) is 3.61. The molecule has 1 unspecified atom stereocenters. The van der Waals surface area contributed by atoms with Crippen molar-refractivity contribution in [2.24, 2.45) is 0 Å². The van der Waals surface area contributed by atoms with Gasteiger partial charge in [-0.2, -0.15) is 0 Å². The predicted octanol–water partition coefficient (Wildman–Crippen LogP) is 5.28. The molecule has 0 spiro atoms. The first-order valence-electron chi connectivity index (χ1n) is 9.31. The van der Waals surface area contributed by atoms with Crippen LogP contribution in [0.15, 0.2) is 78.9 Å². The van der Waals surface area contributed by atoms with Crippen LogP contribution in [-0.2, 0) is 17.9 Å². The van der Waals surface area contributed by atoms with E-state index in [0.717, 1.165) is 5.56 Å². The van der Waals surface area contributed by atoms with Gasteiger partial charge in [0.1, 0.15) is 6.61 Å². The van der Waals surface area contributed by atoms with Crippen molar-refractivity contribution in [3.63, 3.8) is 0 Å². The third kappa shape index (κ3) is 3.87. The van der Waals surface area contributed by atoms with E-state index in [4.69, 9.17) is 4.74 Å². The lowest BCUT2D eigenvalue weighted by molar-refractivity contribution is 0.0898. The van der Waals surface area contributed by atoms with Crippen LogP contribution in [0.5, 0.6) is 0 Å². The van der Waals surface area contributed by atoms with Crippen LogP contribution < -0.4 is 0 Å². The summed E-state index contributed by atoms with van der Waals surface area (Å²) in [7, 11) is 0. The highest BCUT2D eigenvalue weighted by Crippen LogP contribution is 2.33. The minimum absolute atomic E-state index is 0.167. The molecular weight excluding hydrogens is 334 g/mol. The first-order chi connectivity index (χ1) is 13.2. The number of aryl methyl sites for hydroxylation is 1. The number of fused-ring (bicyclic) bond motifs is 1. The highest BCUT2D eigenvalue weighted by molar-refractivity contribution is 5.68. The first kappa shape index (κ1) is 17.3. The average molecular weight is 357 g/mol. The van der Waals surface area contributed by atoms with Crippen LogP contribution in [0.4, 0.5) is 4.79 Å². The fourth-order valence-corrected chi connectivity index (χ4v) is 3.64. The molecule has 1 aliphatic heterocycles. The van der Waals surface area contributed by atoms with E-state index in [1.54, 1.807) is 0 Å². The van der Waals surface area contributed by atoms with Crippen molar-refractivity contribution in [1.82, 2.24) is 4.90 Å². The van der Waals surface area contributed by atoms with Crippen molar-refractivity contribution in [3.05, 3.63) is 107 Å². The molecule has 3 aromatic carbocycles. The molecule has 0 aromatic heterocycles.